The molecular weight excluding hydrogens is 326 g/mol. The predicted octanol–water partition coefficient (Wildman–Crippen LogP) is 3.24. The van der Waals surface area contributed by atoms with Gasteiger partial charge in [-0.3, -0.25) is 9.36 Å². The van der Waals surface area contributed by atoms with Gasteiger partial charge in [-0.2, -0.15) is 10.5 Å². The summed E-state index contributed by atoms with van der Waals surface area (Å²) >= 11 is 11.3. The fourth-order valence-electron chi connectivity index (χ4n) is 1.88. The van der Waals surface area contributed by atoms with Gasteiger partial charge in [0, 0.05) is 10.7 Å². The largest absolute Gasteiger partial charge is 0.275 e. The summed E-state index contributed by atoms with van der Waals surface area (Å²) in [6.45, 7) is 0. The summed E-state index contributed by atoms with van der Waals surface area (Å²) in [5.74, 6) is 0. The molecule has 0 aliphatic rings. The van der Waals surface area contributed by atoms with E-state index in [0.29, 0.717) is 15.6 Å². The van der Waals surface area contributed by atoms with Crippen molar-refractivity contribution in [1.29, 1.82) is 10.5 Å². The fourth-order valence-corrected chi connectivity index (χ4v) is 3.13. The van der Waals surface area contributed by atoms with Crippen LogP contribution in [0.15, 0.2) is 39.0 Å². The Balaban J connectivity index is 2.92. The molecule has 0 fully saturated rings. The van der Waals surface area contributed by atoms with Crippen LogP contribution in [0.3, 0.4) is 0 Å². The Kier molecular flexibility index (Phi) is 4.64. The Morgan fingerprint density at radius 2 is 1.76 bits per heavy atom. The molecule has 0 amide bonds. The Morgan fingerprint density at radius 1 is 1.19 bits per heavy atom. The van der Waals surface area contributed by atoms with E-state index in [2.05, 4.69) is 12.6 Å². The van der Waals surface area contributed by atoms with Crippen LogP contribution in [0, 0.1) is 22.7 Å². The van der Waals surface area contributed by atoms with Gasteiger partial charge in [0.15, 0.2) is 0 Å². The zero-order valence-electron chi connectivity index (χ0n) is 10.8. The van der Waals surface area contributed by atoms with E-state index in [9.17, 15) is 15.3 Å². The maximum Gasteiger partial charge on any atom is 0.275 e. The number of pyridine rings is 1. The van der Waals surface area contributed by atoms with Crippen molar-refractivity contribution in [2.24, 2.45) is 0 Å². The Bertz CT molecular complexity index is 845. The maximum atomic E-state index is 12.5. The molecule has 0 aliphatic heterocycles. The number of thiol groups is 1. The molecule has 1 aromatic carbocycles. The molecule has 1 heterocycles. The van der Waals surface area contributed by atoms with Gasteiger partial charge in [-0.05, 0) is 30.5 Å². The van der Waals surface area contributed by atoms with Gasteiger partial charge in [0.25, 0.3) is 5.56 Å². The highest BCUT2D eigenvalue weighted by molar-refractivity contribution is 7.98. The lowest BCUT2D eigenvalue weighted by Crippen LogP contribution is -2.24. The summed E-state index contributed by atoms with van der Waals surface area (Å²) in [5, 5.41) is 19.2. The van der Waals surface area contributed by atoms with E-state index in [1.807, 2.05) is 12.1 Å². The third-order valence-electron chi connectivity index (χ3n) is 2.82. The van der Waals surface area contributed by atoms with Crippen LogP contribution in [-0.4, -0.2) is 10.8 Å². The van der Waals surface area contributed by atoms with Crippen molar-refractivity contribution in [3.05, 3.63) is 50.8 Å². The topological polar surface area (TPSA) is 69.6 Å². The van der Waals surface area contributed by atoms with Gasteiger partial charge in [-0.1, -0.05) is 11.6 Å². The smallest absolute Gasteiger partial charge is 0.269 e. The summed E-state index contributed by atoms with van der Waals surface area (Å²) < 4.78 is 1.23. The molecule has 0 aliphatic carbocycles. The highest BCUT2D eigenvalue weighted by atomic mass is 35.5. The van der Waals surface area contributed by atoms with Crippen LogP contribution in [0.4, 0.5) is 0 Å². The van der Waals surface area contributed by atoms with Crippen LogP contribution >= 0.6 is 36.0 Å². The molecule has 2 aromatic rings. The van der Waals surface area contributed by atoms with Crippen molar-refractivity contribution in [2.45, 2.75) is 9.92 Å². The second kappa shape index (κ2) is 6.28. The highest BCUT2D eigenvalue weighted by Gasteiger charge is 2.20. The Labute approximate surface area is 136 Å². The van der Waals surface area contributed by atoms with E-state index in [0.717, 1.165) is 0 Å². The lowest BCUT2D eigenvalue weighted by molar-refractivity contribution is 0.845. The maximum absolute atomic E-state index is 12.5. The van der Waals surface area contributed by atoms with Gasteiger partial charge >= 0.3 is 0 Å². The molecule has 104 valence electrons. The molecule has 2 rings (SSSR count). The van der Waals surface area contributed by atoms with Crippen molar-refractivity contribution >= 4 is 36.0 Å². The van der Waals surface area contributed by atoms with Gasteiger partial charge in [0.2, 0.25) is 0 Å². The number of nitrogens with zero attached hydrogens (tertiary/aromatic N) is 3. The zero-order valence-corrected chi connectivity index (χ0v) is 13.3. The van der Waals surface area contributed by atoms with E-state index in [1.165, 1.54) is 16.3 Å². The van der Waals surface area contributed by atoms with E-state index >= 15 is 0 Å². The number of nitriles is 2. The number of rotatable bonds is 2. The molecule has 4 nitrogen and oxygen atoms in total. The second-order valence-electron chi connectivity index (χ2n) is 3.95. The first kappa shape index (κ1) is 15.5. The first-order chi connectivity index (χ1) is 10.0. The molecule has 0 atom stereocenters. The number of aromatic nitrogens is 1. The molecule has 0 saturated carbocycles. The van der Waals surface area contributed by atoms with Gasteiger partial charge in [-0.25, -0.2) is 0 Å². The quantitative estimate of drug-likeness (QED) is 0.676. The molecular formula is C14H8ClN3OS2. The third-order valence-corrected chi connectivity index (χ3v) is 4.31. The molecule has 0 radical (unpaired) electrons. The minimum absolute atomic E-state index is 0.0631. The summed E-state index contributed by atoms with van der Waals surface area (Å²) in [7, 11) is 0. The molecule has 0 N–H and O–H groups in total. The summed E-state index contributed by atoms with van der Waals surface area (Å²) in [4.78, 5) is 12.8. The lowest BCUT2D eigenvalue weighted by atomic mass is 10.2. The van der Waals surface area contributed by atoms with Crippen molar-refractivity contribution in [3.8, 4) is 17.8 Å². The number of halogens is 1. The first-order valence-corrected chi connectivity index (χ1v) is 7.72. The molecule has 7 heteroatoms. The van der Waals surface area contributed by atoms with E-state index in [1.54, 1.807) is 30.5 Å². The summed E-state index contributed by atoms with van der Waals surface area (Å²) in [5.41, 5.74) is 0.131. The fraction of sp³-hybridized carbons (Fsp3) is 0.0714. The number of thioether (sulfide) groups is 1. The predicted molar refractivity (Wildman–Crippen MR) is 85.5 cm³/mol. The van der Waals surface area contributed by atoms with E-state index < -0.39 is 5.56 Å². The van der Waals surface area contributed by atoms with Crippen molar-refractivity contribution in [3.63, 3.8) is 0 Å². The molecule has 0 spiro atoms. The average molecular weight is 334 g/mol. The van der Waals surface area contributed by atoms with E-state index in [4.69, 9.17) is 11.6 Å². The molecule has 0 saturated heterocycles. The molecule has 1 aromatic heterocycles. The Hall–Kier alpha value is -1.86. The van der Waals surface area contributed by atoms with Gasteiger partial charge in [0.05, 0.1) is 15.5 Å². The SMILES string of the molecule is CSc1c(C#N)c(S)n(-c2ccc(Cl)cc2)c(=O)c1C#N. The van der Waals surface area contributed by atoms with Gasteiger partial charge < -0.3 is 0 Å². The van der Waals surface area contributed by atoms with Crippen LogP contribution in [0.2, 0.25) is 5.02 Å². The van der Waals surface area contributed by atoms with Gasteiger partial charge in [-0.15, -0.1) is 24.4 Å². The molecule has 0 bridgehead atoms. The van der Waals surface area contributed by atoms with Crippen molar-refractivity contribution < 1.29 is 0 Å². The zero-order chi connectivity index (χ0) is 15.6. The summed E-state index contributed by atoms with van der Waals surface area (Å²) in [6.07, 6.45) is 1.70. The second-order valence-corrected chi connectivity index (χ2v) is 5.62. The van der Waals surface area contributed by atoms with Crippen LogP contribution in [0.25, 0.3) is 5.69 Å². The first-order valence-electron chi connectivity index (χ1n) is 5.67. The van der Waals surface area contributed by atoms with Crippen molar-refractivity contribution in [1.82, 2.24) is 4.57 Å². The minimum Gasteiger partial charge on any atom is -0.269 e. The number of hydrogen-bond donors (Lipinski definition) is 1. The summed E-state index contributed by atoms with van der Waals surface area (Å²) in [6, 6.07) is 10.4. The third kappa shape index (κ3) is 2.66. The molecule has 0 unspecified atom stereocenters. The average Bonchev–Trinajstić information content (AvgIpc) is 2.48. The lowest BCUT2D eigenvalue weighted by Gasteiger charge is -2.14. The Morgan fingerprint density at radius 3 is 2.24 bits per heavy atom. The minimum atomic E-state index is -0.506. The van der Waals surface area contributed by atoms with Crippen LogP contribution in [0.1, 0.15) is 11.1 Å². The van der Waals surface area contributed by atoms with E-state index in [-0.39, 0.29) is 16.2 Å². The van der Waals surface area contributed by atoms with Crippen molar-refractivity contribution in [2.75, 3.05) is 6.26 Å². The standard InChI is InChI=1S/C14H8ClN3OS2/c1-21-12-10(6-16)13(19)18(14(20)11(12)7-17)9-4-2-8(15)3-5-9/h2-5,20H,1H3. The monoisotopic (exact) mass is 333 g/mol. The van der Waals surface area contributed by atoms with Crippen LogP contribution in [0.5, 0.6) is 0 Å². The number of hydrogen-bond acceptors (Lipinski definition) is 5. The van der Waals surface area contributed by atoms with Gasteiger partial charge in [0.1, 0.15) is 17.7 Å². The van der Waals surface area contributed by atoms with Crippen LogP contribution < -0.4 is 5.56 Å². The van der Waals surface area contributed by atoms with Crippen LogP contribution in [-0.2, 0) is 0 Å². The normalized spacial score (nSPS) is 9.95. The highest BCUT2D eigenvalue weighted by Crippen LogP contribution is 2.28. The molecule has 21 heavy (non-hydrogen) atoms. The number of benzene rings is 1.